The molecule has 0 bridgehead atoms. The van der Waals surface area contributed by atoms with Crippen LogP contribution >= 0.6 is 23.4 Å². The molecular weight excluding hydrogens is 373 g/mol. The summed E-state index contributed by atoms with van der Waals surface area (Å²) in [6, 6.07) is 12.2. The van der Waals surface area contributed by atoms with Crippen molar-refractivity contribution in [3.05, 3.63) is 70.0 Å². The minimum Gasteiger partial charge on any atom is -0.350 e. The lowest BCUT2D eigenvalue weighted by atomic mass is 10.1. The Morgan fingerprint density at radius 2 is 2.08 bits per heavy atom. The number of hydrogen-bond donors (Lipinski definition) is 1. The Balaban J connectivity index is 1.66. The highest BCUT2D eigenvalue weighted by atomic mass is 35.5. The Kier molecular flexibility index (Phi) is 4.30. The molecule has 4 nitrogen and oxygen atoms in total. The highest BCUT2D eigenvalue weighted by molar-refractivity contribution is 8.18. The lowest BCUT2D eigenvalue weighted by Gasteiger charge is -1.98. The predicted molar refractivity (Wildman–Crippen MR) is 105 cm³/mol. The van der Waals surface area contributed by atoms with Gasteiger partial charge in [-0.25, -0.2) is 9.38 Å². The summed E-state index contributed by atoms with van der Waals surface area (Å²) >= 11 is 7.01. The average Bonchev–Trinajstić information content (AvgIpc) is 3.12. The molecule has 1 aliphatic heterocycles. The number of halogens is 2. The average molecular weight is 386 g/mol. The van der Waals surface area contributed by atoms with Crippen LogP contribution < -0.4 is 5.32 Å². The van der Waals surface area contributed by atoms with Gasteiger partial charge in [-0.2, -0.15) is 0 Å². The van der Waals surface area contributed by atoms with E-state index in [0.717, 1.165) is 16.5 Å². The Morgan fingerprint density at radius 1 is 1.27 bits per heavy atom. The van der Waals surface area contributed by atoms with Crippen LogP contribution in [0, 0.1) is 5.82 Å². The smallest absolute Gasteiger partial charge is 0.264 e. The van der Waals surface area contributed by atoms with Crippen LogP contribution in [0.1, 0.15) is 5.56 Å². The highest BCUT2D eigenvalue weighted by Gasteiger charge is 2.24. The first kappa shape index (κ1) is 16.9. The van der Waals surface area contributed by atoms with Crippen molar-refractivity contribution in [3.63, 3.8) is 0 Å². The minimum atomic E-state index is -0.504. The number of benzene rings is 2. The molecule has 1 fully saturated rings. The quantitative estimate of drug-likeness (QED) is 0.640. The van der Waals surface area contributed by atoms with Crippen molar-refractivity contribution >= 4 is 57.1 Å². The van der Waals surface area contributed by atoms with E-state index in [2.05, 4.69) is 10.3 Å². The van der Waals surface area contributed by atoms with Crippen LogP contribution in [-0.2, 0) is 11.8 Å². The molecule has 2 aromatic carbocycles. The summed E-state index contributed by atoms with van der Waals surface area (Å²) in [5.41, 5.74) is 2.54. The maximum Gasteiger partial charge on any atom is 0.264 e. The number of aromatic nitrogens is 1. The molecule has 1 aromatic heterocycles. The predicted octanol–water partition coefficient (Wildman–Crippen LogP) is 4.86. The van der Waals surface area contributed by atoms with Crippen LogP contribution in [0.5, 0.6) is 0 Å². The van der Waals surface area contributed by atoms with Gasteiger partial charge in [-0.15, -0.1) is 0 Å². The van der Waals surface area contributed by atoms with Gasteiger partial charge >= 0.3 is 0 Å². The van der Waals surface area contributed by atoms with Gasteiger partial charge in [0, 0.05) is 29.7 Å². The van der Waals surface area contributed by atoms with Crippen molar-refractivity contribution in [1.29, 1.82) is 0 Å². The largest absolute Gasteiger partial charge is 0.350 e. The number of fused-ring (bicyclic) bond motifs is 1. The molecule has 1 N–H and O–H groups in total. The van der Waals surface area contributed by atoms with Crippen molar-refractivity contribution in [2.24, 2.45) is 12.0 Å². The molecule has 4 rings (SSSR count). The lowest BCUT2D eigenvalue weighted by Crippen LogP contribution is -2.19. The number of nitrogens with one attached hydrogen (secondary N) is 1. The standard InChI is InChI=1S/C19H13ClFN3OS/c1-24-10-11(13-4-2-3-5-16(13)24)8-17-18(25)23-19(26-17)22-12-6-7-15(21)14(20)9-12/h2-10H,1H3,(H,22,23,25)/b17-8+. The molecule has 0 saturated carbocycles. The monoisotopic (exact) mass is 385 g/mol. The molecule has 0 unspecified atom stereocenters. The maximum absolute atomic E-state index is 13.2. The topological polar surface area (TPSA) is 46.4 Å². The Bertz CT molecular complexity index is 1100. The second kappa shape index (κ2) is 6.63. The van der Waals surface area contributed by atoms with Crippen molar-refractivity contribution in [3.8, 4) is 0 Å². The number of para-hydroxylation sites is 1. The minimum absolute atomic E-state index is 0.00676. The summed E-state index contributed by atoms with van der Waals surface area (Å²) in [5, 5.41) is 4.23. The van der Waals surface area contributed by atoms with E-state index in [9.17, 15) is 9.18 Å². The summed E-state index contributed by atoms with van der Waals surface area (Å²) in [6.45, 7) is 0. The lowest BCUT2D eigenvalue weighted by molar-refractivity contribution is -0.115. The molecular formula is C19H13ClFN3OS. The fourth-order valence-corrected chi connectivity index (χ4v) is 3.79. The number of amidine groups is 1. The van der Waals surface area contributed by atoms with Gasteiger partial charge in [-0.1, -0.05) is 29.8 Å². The molecule has 1 saturated heterocycles. The zero-order valence-corrected chi connectivity index (χ0v) is 15.2. The molecule has 0 spiro atoms. The van der Waals surface area contributed by atoms with E-state index in [1.165, 1.54) is 30.0 Å². The summed E-state index contributed by atoms with van der Waals surface area (Å²) in [7, 11) is 1.97. The van der Waals surface area contributed by atoms with E-state index >= 15 is 0 Å². The molecule has 3 aromatic rings. The zero-order valence-electron chi connectivity index (χ0n) is 13.7. The van der Waals surface area contributed by atoms with E-state index in [-0.39, 0.29) is 10.9 Å². The zero-order chi connectivity index (χ0) is 18.3. The summed E-state index contributed by atoms with van der Waals surface area (Å²) in [5.74, 6) is -0.717. The molecule has 1 aliphatic rings. The highest BCUT2D eigenvalue weighted by Crippen LogP contribution is 2.31. The molecule has 1 amide bonds. The normalized spacial score (nSPS) is 17.4. The van der Waals surface area contributed by atoms with Crippen molar-refractivity contribution in [2.45, 2.75) is 0 Å². The SMILES string of the molecule is Cn1cc(/C=C2/SC(=Nc3ccc(F)c(Cl)c3)NC2=O)c2ccccc21. The van der Waals surface area contributed by atoms with E-state index in [1.807, 2.05) is 48.2 Å². The number of aliphatic imine (C=N–C) groups is 1. The van der Waals surface area contributed by atoms with Crippen LogP contribution in [0.2, 0.25) is 5.02 Å². The summed E-state index contributed by atoms with van der Waals surface area (Å²) in [6.07, 6.45) is 3.84. The van der Waals surface area contributed by atoms with Crippen LogP contribution in [0.25, 0.3) is 17.0 Å². The first-order valence-corrected chi connectivity index (χ1v) is 8.99. The van der Waals surface area contributed by atoms with Gasteiger partial charge in [0.05, 0.1) is 15.6 Å². The van der Waals surface area contributed by atoms with Gasteiger partial charge in [-0.3, -0.25) is 4.79 Å². The number of hydrogen-bond acceptors (Lipinski definition) is 3. The molecule has 26 heavy (non-hydrogen) atoms. The first-order chi connectivity index (χ1) is 12.5. The number of carbonyl (C=O) groups excluding carboxylic acids is 1. The maximum atomic E-state index is 13.2. The molecule has 130 valence electrons. The third-order valence-corrected chi connectivity index (χ3v) is 5.20. The number of nitrogens with zero attached hydrogens (tertiary/aromatic N) is 2. The van der Waals surface area contributed by atoms with Crippen LogP contribution in [0.3, 0.4) is 0 Å². The molecule has 0 atom stereocenters. The van der Waals surface area contributed by atoms with Crippen molar-refractivity contribution < 1.29 is 9.18 Å². The van der Waals surface area contributed by atoms with Gasteiger partial charge in [-0.05, 0) is 42.1 Å². The van der Waals surface area contributed by atoms with Crippen LogP contribution in [0.4, 0.5) is 10.1 Å². The number of amides is 1. The molecule has 0 aliphatic carbocycles. The third-order valence-electron chi connectivity index (χ3n) is 4.00. The Labute approximate surface area is 158 Å². The number of rotatable bonds is 2. The third kappa shape index (κ3) is 3.13. The second-order valence-corrected chi connectivity index (χ2v) is 7.23. The fourth-order valence-electron chi connectivity index (χ4n) is 2.78. The molecule has 7 heteroatoms. The Morgan fingerprint density at radius 3 is 2.88 bits per heavy atom. The first-order valence-electron chi connectivity index (χ1n) is 7.80. The van der Waals surface area contributed by atoms with Gasteiger partial charge in [0.2, 0.25) is 0 Å². The van der Waals surface area contributed by atoms with Crippen molar-refractivity contribution in [2.75, 3.05) is 0 Å². The fraction of sp³-hybridized carbons (Fsp3) is 0.0526. The Hall–Kier alpha value is -2.57. The summed E-state index contributed by atoms with van der Waals surface area (Å²) in [4.78, 5) is 17.1. The number of thioether (sulfide) groups is 1. The van der Waals surface area contributed by atoms with Crippen LogP contribution in [0.15, 0.2) is 58.6 Å². The van der Waals surface area contributed by atoms with Crippen LogP contribution in [-0.4, -0.2) is 15.6 Å². The van der Waals surface area contributed by atoms with Crippen molar-refractivity contribution in [1.82, 2.24) is 9.88 Å². The van der Waals surface area contributed by atoms with Gasteiger partial charge in [0.25, 0.3) is 5.91 Å². The van der Waals surface area contributed by atoms with E-state index in [1.54, 1.807) is 0 Å². The molecule has 0 radical (unpaired) electrons. The van der Waals surface area contributed by atoms with E-state index in [0.29, 0.717) is 15.8 Å². The van der Waals surface area contributed by atoms with E-state index < -0.39 is 5.82 Å². The van der Waals surface area contributed by atoms with Gasteiger partial charge in [0.1, 0.15) is 5.82 Å². The molecule has 2 heterocycles. The summed E-state index contributed by atoms with van der Waals surface area (Å²) < 4.78 is 15.3. The van der Waals surface area contributed by atoms with Gasteiger partial charge in [0.15, 0.2) is 5.17 Å². The second-order valence-electron chi connectivity index (χ2n) is 5.79. The number of aryl methyl sites for hydroxylation is 1. The van der Waals surface area contributed by atoms with E-state index in [4.69, 9.17) is 11.6 Å². The van der Waals surface area contributed by atoms with Gasteiger partial charge < -0.3 is 9.88 Å². The number of carbonyl (C=O) groups is 1.